The van der Waals surface area contributed by atoms with Crippen LogP contribution < -0.4 is 0 Å². The van der Waals surface area contributed by atoms with Crippen LogP contribution in [0.5, 0.6) is 0 Å². The highest BCUT2D eigenvalue weighted by atomic mass is 35.5. The zero-order chi connectivity index (χ0) is 20.7. The predicted molar refractivity (Wildman–Crippen MR) is 123 cm³/mol. The number of nitrogens with one attached hydrogen (secondary N) is 1. The van der Waals surface area contributed by atoms with E-state index >= 15 is 0 Å². The van der Waals surface area contributed by atoms with Crippen LogP contribution in [0.4, 0.5) is 0 Å². The molecule has 1 N–H and O–H groups in total. The molecule has 2 aliphatic heterocycles. The van der Waals surface area contributed by atoms with Crippen LogP contribution in [0.3, 0.4) is 0 Å². The second kappa shape index (κ2) is 7.92. The summed E-state index contributed by atoms with van der Waals surface area (Å²) in [6.45, 7) is 0. The Balaban J connectivity index is 1.38. The number of hydrogen-bond acceptors (Lipinski definition) is 7. The Morgan fingerprint density at radius 1 is 1.17 bits per heavy atom. The molecule has 3 aromatic rings. The Morgan fingerprint density at radius 2 is 2.00 bits per heavy atom. The average molecular weight is 471 g/mol. The summed E-state index contributed by atoms with van der Waals surface area (Å²) in [5.74, 6) is -0.0374. The number of hydrogen-bond donors (Lipinski definition) is 1. The van der Waals surface area contributed by atoms with Crippen molar-refractivity contribution in [3.63, 3.8) is 0 Å². The minimum Gasteiger partial charge on any atom is -0.450 e. The summed E-state index contributed by atoms with van der Waals surface area (Å²) in [5, 5.41) is 18.7. The van der Waals surface area contributed by atoms with Crippen LogP contribution >= 0.6 is 46.5 Å². The normalized spacial score (nSPS) is 17.4. The van der Waals surface area contributed by atoms with Gasteiger partial charge in [0.15, 0.2) is 10.9 Å². The van der Waals surface area contributed by atoms with E-state index in [-0.39, 0.29) is 11.4 Å². The van der Waals surface area contributed by atoms with Crippen molar-refractivity contribution in [2.45, 2.75) is 9.99 Å². The van der Waals surface area contributed by atoms with Crippen molar-refractivity contribution in [2.75, 3.05) is 0 Å². The topological polar surface area (TPSA) is 82.0 Å². The third-order valence-electron chi connectivity index (χ3n) is 4.11. The number of rotatable bonds is 4. The first-order chi connectivity index (χ1) is 14.6. The molecule has 6 nitrogen and oxygen atoms in total. The minimum atomic E-state index is -0.482. The van der Waals surface area contributed by atoms with E-state index in [1.165, 1.54) is 34.6 Å². The van der Waals surface area contributed by atoms with Crippen LogP contribution in [-0.4, -0.2) is 27.0 Å². The number of carbonyl (C=O) groups excluding carboxylic acids is 1. The van der Waals surface area contributed by atoms with Gasteiger partial charge in [-0.05, 0) is 65.7 Å². The first kappa shape index (κ1) is 19.4. The molecule has 1 amide bonds. The monoisotopic (exact) mass is 470 g/mol. The third-order valence-corrected chi connectivity index (χ3v) is 7.24. The summed E-state index contributed by atoms with van der Waals surface area (Å²) in [4.78, 5) is 18.6. The van der Waals surface area contributed by atoms with E-state index in [1.54, 1.807) is 17.4 Å². The van der Waals surface area contributed by atoms with Gasteiger partial charge in [-0.15, -0.1) is 11.3 Å². The van der Waals surface area contributed by atoms with E-state index in [2.05, 4.69) is 10.1 Å². The molecule has 4 heterocycles. The number of fused-ring (bicyclic) bond motifs is 1. The van der Waals surface area contributed by atoms with Crippen molar-refractivity contribution in [3.8, 4) is 0 Å². The highest BCUT2D eigenvalue weighted by Crippen LogP contribution is 2.33. The smallest absolute Gasteiger partial charge is 0.283 e. The first-order valence-electron chi connectivity index (χ1n) is 8.64. The fraction of sp³-hybridized carbons (Fsp3) is 0. The second-order valence-electron chi connectivity index (χ2n) is 6.12. The Labute approximate surface area is 188 Å². The SMILES string of the molecule is N=C1/C(=C/c2ccc(Sc3ccc(Cl)cc3)o2)C(=O)N=C2SC(c3cccs3)=NN12. The molecule has 0 aliphatic carbocycles. The van der Waals surface area contributed by atoms with Gasteiger partial charge in [0.1, 0.15) is 10.8 Å². The van der Waals surface area contributed by atoms with Crippen molar-refractivity contribution < 1.29 is 9.21 Å². The molecule has 0 unspecified atom stereocenters. The third kappa shape index (κ3) is 3.77. The van der Waals surface area contributed by atoms with E-state index in [9.17, 15) is 4.79 Å². The van der Waals surface area contributed by atoms with Crippen LogP contribution in [0, 0.1) is 5.41 Å². The Morgan fingerprint density at radius 3 is 2.77 bits per heavy atom. The Kier molecular flexibility index (Phi) is 5.11. The van der Waals surface area contributed by atoms with Gasteiger partial charge in [-0.25, -0.2) is 0 Å². The second-order valence-corrected chi connectivity index (χ2v) is 9.53. The molecule has 0 saturated heterocycles. The van der Waals surface area contributed by atoms with Gasteiger partial charge in [0.05, 0.1) is 10.5 Å². The molecule has 1 aromatic carbocycles. The molecular weight excluding hydrogens is 460 g/mol. The lowest BCUT2D eigenvalue weighted by molar-refractivity contribution is -0.114. The summed E-state index contributed by atoms with van der Waals surface area (Å²) in [7, 11) is 0. The molecule has 0 radical (unpaired) electrons. The molecule has 5 rings (SSSR count). The van der Waals surface area contributed by atoms with E-state index in [0.29, 0.717) is 21.0 Å². The summed E-state index contributed by atoms with van der Waals surface area (Å²) < 4.78 is 5.81. The van der Waals surface area contributed by atoms with Gasteiger partial charge in [0.2, 0.25) is 5.17 Å². The number of aliphatic imine (C=N–C) groups is 1. The maximum Gasteiger partial charge on any atom is 0.283 e. The number of halogens is 1. The van der Waals surface area contributed by atoms with Gasteiger partial charge in [0, 0.05) is 9.92 Å². The van der Waals surface area contributed by atoms with Crippen LogP contribution in [0.2, 0.25) is 5.02 Å². The molecular formula is C20H11ClN4O2S3. The van der Waals surface area contributed by atoms with Crippen molar-refractivity contribution in [1.29, 1.82) is 5.41 Å². The number of furan rings is 1. The number of nitrogens with zero attached hydrogens (tertiary/aromatic N) is 3. The Bertz CT molecular complexity index is 1240. The summed E-state index contributed by atoms with van der Waals surface area (Å²) in [5.41, 5.74) is 0.132. The van der Waals surface area contributed by atoms with Gasteiger partial charge in [0.25, 0.3) is 5.91 Å². The molecule has 0 saturated carbocycles. The number of hydrazone groups is 1. The molecule has 2 aromatic heterocycles. The number of amidine groups is 2. The standard InChI is InChI=1S/C20H11ClN4O2S3/c21-11-3-6-13(7-4-11)29-16-8-5-12(27-16)10-14-17(22)25-20(23-18(14)26)30-19(24-25)15-2-1-9-28-15/h1-10,22H/b14-10-,22-17?. The van der Waals surface area contributed by atoms with Crippen LogP contribution in [0.15, 0.2) is 84.0 Å². The highest BCUT2D eigenvalue weighted by molar-refractivity contribution is 8.27. The van der Waals surface area contributed by atoms with E-state index in [0.717, 1.165) is 14.8 Å². The van der Waals surface area contributed by atoms with Crippen LogP contribution in [-0.2, 0) is 4.79 Å². The number of thioether (sulfide) groups is 1. The van der Waals surface area contributed by atoms with E-state index < -0.39 is 5.91 Å². The number of carbonyl (C=O) groups is 1. The lowest BCUT2D eigenvalue weighted by Crippen LogP contribution is -2.35. The van der Waals surface area contributed by atoms with Gasteiger partial charge in [-0.1, -0.05) is 29.4 Å². The molecule has 0 fully saturated rings. The van der Waals surface area contributed by atoms with E-state index in [4.69, 9.17) is 21.4 Å². The molecule has 0 bridgehead atoms. The van der Waals surface area contributed by atoms with Gasteiger partial charge < -0.3 is 4.42 Å². The summed E-state index contributed by atoms with van der Waals surface area (Å²) >= 11 is 10.2. The molecule has 148 valence electrons. The number of thiophene rings is 1. The van der Waals surface area contributed by atoms with Gasteiger partial charge in [-0.3, -0.25) is 10.2 Å². The molecule has 10 heteroatoms. The predicted octanol–water partition coefficient (Wildman–Crippen LogP) is 5.81. The van der Waals surface area contributed by atoms with Crippen molar-refractivity contribution in [1.82, 2.24) is 5.01 Å². The summed E-state index contributed by atoms with van der Waals surface area (Å²) in [6, 6.07) is 14.9. The lowest BCUT2D eigenvalue weighted by Gasteiger charge is -2.19. The zero-order valence-electron chi connectivity index (χ0n) is 15.0. The van der Waals surface area contributed by atoms with Gasteiger partial charge in [-0.2, -0.15) is 15.1 Å². The highest BCUT2D eigenvalue weighted by Gasteiger charge is 2.36. The number of benzene rings is 1. The Hall–Kier alpha value is -2.59. The van der Waals surface area contributed by atoms with Crippen LogP contribution in [0.1, 0.15) is 10.6 Å². The number of amides is 1. The molecule has 30 heavy (non-hydrogen) atoms. The maximum atomic E-state index is 12.5. The molecule has 2 aliphatic rings. The van der Waals surface area contributed by atoms with Gasteiger partial charge >= 0.3 is 0 Å². The van der Waals surface area contributed by atoms with Crippen molar-refractivity contribution in [2.24, 2.45) is 10.1 Å². The fourth-order valence-corrected chi connectivity index (χ4v) is 5.31. The van der Waals surface area contributed by atoms with E-state index in [1.807, 2.05) is 47.8 Å². The van der Waals surface area contributed by atoms with Crippen molar-refractivity contribution in [3.05, 3.63) is 75.1 Å². The van der Waals surface area contributed by atoms with Crippen LogP contribution in [0.25, 0.3) is 6.08 Å². The maximum absolute atomic E-state index is 12.5. The first-order valence-corrected chi connectivity index (χ1v) is 11.5. The average Bonchev–Trinajstić information content (AvgIpc) is 3.47. The summed E-state index contributed by atoms with van der Waals surface area (Å²) in [6.07, 6.45) is 1.53. The molecule has 0 atom stereocenters. The fourth-order valence-electron chi connectivity index (χ4n) is 2.72. The quantitative estimate of drug-likeness (QED) is 0.486. The van der Waals surface area contributed by atoms with Crippen molar-refractivity contribution >= 4 is 74.5 Å². The largest absolute Gasteiger partial charge is 0.450 e. The lowest BCUT2D eigenvalue weighted by atomic mass is 10.1. The minimum absolute atomic E-state index is 0.0210. The molecule has 0 spiro atoms. The zero-order valence-corrected chi connectivity index (χ0v) is 18.2.